The van der Waals surface area contributed by atoms with Crippen LogP contribution < -0.4 is 4.90 Å². The maximum Gasteiger partial charge on any atom is 0.337 e. The van der Waals surface area contributed by atoms with E-state index in [0.717, 1.165) is 19.5 Å². The number of nitrogens with zero attached hydrogens (tertiary/aromatic N) is 2. The number of anilines is 1. The van der Waals surface area contributed by atoms with E-state index >= 15 is 0 Å². The van der Waals surface area contributed by atoms with Gasteiger partial charge in [-0.3, -0.25) is 0 Å². The lowest BCUT2D eigenvalue weighted by Gasteiger charge is -2.36. The highest BCUT2D eigenvalue weighted by Crippen LogP contribution is 2.31. The molecule has 1 fully saturated rings. The zero-order chi connectivity index (χ0) is 13.3. The third-order valence-corrected chi connectivity index (χ3v) is 4.11. The Kier molecular flexibility index (Phi) is 3.76. The second kappa shape index (κ2) is 5.14. The Balaban J connectivity index is 2.29. The van der Waals surface area contributed by atoms with Gasteiger partial charge in [-0.25, -0.2) is 9.78 Å². The number of piperidine rings is 1. The molecular weight excluding hydrogens is 252 g/mol. The van der Waals surface area contributed by atoms with Crippen LogP contribution in [0.15, 0.2) is 12.3 Å². The first kappa shape index (κ1) is 13.1. The number of aromatic carboxylic acids is 1. The maximum atomic E-state index is 11.0. The molecular formula is C13H17ClN2O2. The zero-order valence-electron chi connectivity index (χ0n) is 10.6. The quantitative estimate of drug-likeness (QED) is 0.896. The van der Waals surface area contributed by atoms with Crippen molar-refractivity contribution in [3.05, 3.63) is 22.8 Å². The molecule has 5 heteroatoms. The molecule has 0 bridgehead atoms. The summed E-state index contributed by atoms with van der Waals surface area (Å²) in [6.45, 7) is 6.19. The SMILES string of the molecule is CC1CCN(c2nccc(C(=O)O)c2Cl)CC1C. The van der Waals surface area contributed by atoms with Crippen LogP contribution in [0, 0.1) is 11.8 Å². The lowest BCUT2D eigenvalue weighted by molar-refractivity contribution is 0.0697. The molecule has 0 radical (unpaired) electrons. The van der Waals surface area contributed by atoms with E-state index < -0.39 is 5.97 Å². The van der Waals surface area contributed by atoms with Crippen molar-refractivity contribution in [1.29, 1.82) is 0 Å². The van der Waals surface area contributed by atoms with Gasteiger partial charge in [-0.05, 0) is 24.3 Å². The summed E-state index contributed by atoms with van der Waals surface area (Å²) in [6, 6.07) is 1.43. The Morgan fingerprint density at radius 2 is 2.22 bits per heavy atom. The van der Waals surface area contributed by atoms with Crippen LogP contribution in [0.1, 0.15) is 30.6 Å². The molecule has 0 aliphatic carbocycles. The van der Waals surface area contributed by atoms with Crippen molar-refractivity contribution in [2.75, 3.05) is 18.0 Å². The molecule has 0 spiro atoms. The molecule has 98 valence electrons. The maximum absolute atomic E-state index is 11.0. The largest absolute Gasteiger partial charge is 0.478 e. The van der Waals surface area contributed by atoms with Crippen LogP contribution in [0.4, 0.5) is 5.82 Å². The van der Waals surface area contributed by atoms with Crippen LogP contribution in [0.5, 0.6) is 0 Å². The van der Waals surface area contributed by atoms with Crippen molar-refractivity contribution in [2.45, 2.75) is 20.3 Å². The number of aromatic nitrogens is 1. The number of carboxylic acid groups (broad SMARTS) is 1. The molecule has 0 saturated carbocycles. The lowest BCUT2D eigenvalue weighted by Crippen LogP contribution is -2.39. The highest BCUT2D eigenvalue weighted by molar-refractivity contribution is 6.35. The fourth-order valence-corrected chi connectivity index (χ4v) is 2.59. The Hall–Kier alpha value is -1.29. The molecule has 4 nitrogen and oxygen atoms in total. The van der Waals surface area contributed by atoms with Crippen molar-refractivity contribution in [1.82, 2.24) is 4.98 Å². The van der Waals surface area contributed by atoms with Gasteiger partial charge in [0.25, 0.3) is 0 Å². The second-order valence-electron chi connectivity index (χ2n) is 4.99. The summed E-state index contributed by atoms with van der Waals surface area (Å²) < 4.78 is 0. The number of rotatable bonds is 2. The first-order valence-corrected chi connectivity index (χ1v) is 6.51. The molecule has 0 aromatic carbocycles. The normalized spacial score (nSPS) is 24.1. The van der Waals surface area contributed by atoms with E-state index in [1.807, 2.05) is 0 Å². The molecule has 1 aliphatic rings. The predicted molar refractivity (Wildman–Crippen MR) is 71.4 cm³/mol. The van der Waals surface area contributed by atoms with Crippen molar-refractivity contribution in [2.24, 2.45) is 11.8 Å². The fraction of sp³-hybridized carbons (Fsp3) is 0.538. The van der Waals surface area contributed by atoms with Gasteiger partial charge in [0, 0.05) is 19.3 Å². The summed E-state index contributed by atoms with van der Waals surface area (Å²) in [5.74, 6) is 0.824. The number of hydrogen-bond donors (Lipinski definition) is 1. The van der Waals surface area contributed by atoms with Gasteiger partial charge in [-0.1, -0.05) is 25.4 Å². The van der Waals surface area contributed by atoms with Gasteiger partial charge in [0.15, 0.2) is 0 Å². The first-order valence-electron chi connectivity index (χ1n) is 6.13. The first-order chi connectivity index (χ1) is 8.50. The number of carboxylic acids is 1. The monoisotopic (exact) mass is 268 g/mol. The van der Waals surface area contributed by atoms with Crippen LogP contribution >= 0.6 is 11.6 Å². The van der Waals surface area contributed by atoms with Gasteiger partial charge in [-0.15, -0.1) is 0 Å². The van der Waals surface area contributed by atoms with Gasteiger partial charge >= 0.3 is 5.97 Å². The van der Waals surface area contributed by atoms with Gasteiger partial charge in [0.05, 0.1) is 10.6 Å². The average molecular weight is 269 g/mol. The summed E-state index contributed by atoms with van der Waals surface area (Å²) in [4.78, 5) is 17.4. The molecule has 1 N–H and O–H groups in total. The molecule has 1 aromatic heterocycles. The van der Waals surface area contributed by atoms with Crippen molar-refractivity contribution in [3.63, 3.8) is 0 Å². The number of halogens is 1. The molecule has 1 saturated heterocycles. The van der Waals surface area contributed by atoms with Crippen LogP contribution in [-0.4, -0.2) is 29.1 Å². The Bertz CT molecular complexity index is 464. The van der Waals surface area contributed by atoms with E-state index in [0.29, 0.717) is 17.7 Å². The highest BCUT2D eigenvalue weighted by Gasteiger charge is 2.26. The summed E-state index contributed by atoms with van der Waals surface area (Å²) in [6.07, 6.45) is 2.59. The van der Waals surface area contributed by atoms with Crippen LogP contribution in [0.2, 0.25) is 5.02 Å². The van der Waals surface area contributed by atoms with Crippen LogP contribution in [-0.2, 0) is 0 Å². The second-order valence-corrected chi connectivity index (χ2v) is 5.37. The topological polar surface area (TPSA) is 53.4 Å². The number of hydrogen-bond acceptors (Lipinski definition) is 3. The predicted octanol–water partition coefficient (Wildman–Crippen LogP) is 2.92. The molecule has 0 amide bonds. The van der Waals surface area contributed by atoms with E-state index in [1.54, 1.807) is 0 Å². The van der Waals surface area contributed by atoms with E-state index in [1.165, 1.54) is 12.3 Å². The standard InChI is InChI=1S/C13H17ClN2O2/c1-8-4-6-16(7-9(8)2)12-11(14)10(13(17)18)3-5-15-12/h3,5,8-9H,4,6-7H2,1-2H3,(H,17,18). The summed E-state index contributed by atoms with van der Waals surface area (Å²) >= 11 is 6.14. The number of carbonyl (C=O) groups is 1. The van der Waals surface area contributed by atoms with E-state index in [9.17, 15) is 4.79 Å². The third-order valence-electron chi connectivity index (χ3n) is 3.73. The number of pyridine rings is 1. The van der Waals surface area contributed by atoms with E-state index in [-0.39, 0.29) is 10.6 Å². The van der Waals surface area contributed by atoms with Gasteiger partial charge in [0.2, 0.25) is 0 Å². The molecule has 1 aliphatic heterocycles. The average Bonchev–Trinajstić information content (AvgIpc) is 2.33. The summed E-state index contributed by atoms with van der Waals surface area (Å²) in [5.41, 5.74) is 0.118. The van der Waals surface area contributed by atoms with Crippen molar-refractivity contribution >= 4 is 23.4 Å². The Labute approximate surface area is 112 Å². The van der Waals surface area contributed by atoms with Gasteiger partial charge in [-0.2, -0.15) is 0 Å². The Morgan fingerprint density at radius 3 is 2.83 bits per heavy atom. The molecule has 2 unspecified atom stereocenters. The minimum Gasteiger partial charge on any atom is -0.478 e. The fourth-order valence-electron chi connectivity index (χ4n) is 2.27. The van der Waals surface area contributed by atoms with Crippen molar-refractivity contribution < 1.29 is 9.90 Å². The van der Waals surface area contributed by atoms with Crippen LogP contribution in [0.3, 0.4) is 0 Å². The molecule has 2 atom stereocenters. The third kappa shape index (κ3) is 2.43. The molecule has 2 rings (SSSR count). The van der Waals surface area contributed by atoms with Gasteiger partial charge < -0.3 is 10.0 Å². The van der Waals surface area contributed by atoms with E-state index in [2.05, 4.69) is 23.7 Å². The minimum absolute atomic E-state index is 0.118. The lowest BCUT2D eigenvalue weighted by atomic mass is 9.89. The van der Waals surface area contributed by atoms with Gasteiger partial charge in [0.1, 0.15) is 5.82 Å². The van der Waals surface area contributed by atoms with E-state index in [4.69, 9.17) is 16.7 Å². The highest BCUT2D eigenvalue weighted by atomic mass is 35.5. The summed E-state index contributed by atoms with van der Waals surface area (Å²) in [5, 5.41) is 9.29. The summed E-state index contributed by atoms with van der Waals surface area (Å²) in [7, 11) is 0. The minimum atomic E-state index is -1.01. The Morgan fingerprint density at radius 1 is 1.50 bits per heavy atom. The molecule has 1 aromatic rings. The molecule has 2 heterocycles. The zero-order valence-corrected chi connectivity index (χ0v) is 11.3. The smallest absolute Gasteiger partial charge is 0.337 e. The molecule has 18 heavy (non-hydrogen) atoms. The van der Waals surface area contributed by atoms with Crippen LogP contribution in [0.25, 0.3) is 0 Å². The van der Waals surface area contributed by atoms with Crippen molar-refractivity contribution in [3.8, 4) is 0 Å².